The zero-order valence-electron chi connectivity index (χ0n) is 18.8. The number of primary amides is 1. The average Bonchev–Trinajstić information content (AvgIpc) is 2.56. The summed E-state index contributed by atoms with van der Waals surface area (Å²) in [5.74, 6) is 0.376. The second kappa shape index (κ2) is 10.5. The highest BCUT2D eigenvalue weighted by molar-refractivity contribution is 5.75. The Balaban J connectivity index is 2.77. The van der Waals surface area contributed by atoms with Crippen LogP contribution in [0.3, 0.4) is 0 Å². The third kappa shape index (κ3) is 7.61. The summed E-state index contributed by atoms with van der Waals surface area (Å²) in [6, 6.07) is -0.670. The molecule has 6 nitrogen and oxygen atoms in total. The van der Waals surface area contributed by atoms with Crippen LogP contribution < -0.4 is 11.5 Å². The van der Waals surface area contributed by atoms with Gasteiger partial charge in [-0.15, -0.1) is 0 Å². The lowest BCUT2D eigenvalue weighted by atomic mass is 9.62. The van der Waals surface area contributed by atoms with Gasteiger partial charge in [-0.3, -0.25) is 4.79 Å². The molecule has 5 atom stereocenters. The molecule has 1 aliphatic carbocycles. The molecule has 1 saturated carbocycles. The summed E-state index contributed by atoms with van der Waals surface area (Å²) in [5, 5.41) is 0. The molecule has 1 amide bonds. The van der Waals surface area contributed by atoms with Crippen molar-refractivity contribution in [2.75, 3.05) is 6.61 Å². The molecule has 0 aliphatic heterocycles. The number of hydrogen-bond acceptors (Lipinski definition) is 5. The fourth-order valence-corrected chi connectivity index (χ4v) is 4.72. The van der Waals surface area contributed by atoms with E-state index >= 15 is 0 Å². The first-order valence-corrected chi connectivity index (χ1v) is 10.8. The van der Waals surface area contributed by atoms with E-state index in [0.717, 1.165) is 25.7 Å². The first kappa shape index (κ1) is 24.7. The Morgan fingerprint density at radius 1 is 1.29 bits per heavy atom. The highest BCUT2D eigenvalue weighted by Gasteiger charge is 2.44. The lowest BCUT2D eigenvalue weighted by Gasteiger charge is -2.46. The molecule has 0 spiro atoms. The van der Waals surface area contributed by atoms with Crippen LogP contribution in [0.25, 0.3) is 0 Å². The molecule has 0 heterocycles. The summed E-state index contributed by atoms with van der Waals surface area (Å²) >= 11 is 0. The molecule has 0 radical (unpaired) electrons. The van der Waals surface area contributed by atoms with Crippen LogP contribution in [-0.4, -0.2) is 30.3 Å². The Morgan fingerprint density at radius 3 is 2.46 bits per heavy atom. The number of amides is 1. The molecular formula is C22H42N2O4. The Bertz CT molecular complexity index is 523. The van der Waals surface area contributed by atoms with Crippen LogP contribution in [0.1, 0.15) is 86.5 Å². The molecule has 5 unspecified atom stereocenters. The number of carbonyl (C=O) groups is 2. The third-order valence-electron chi connectivity index (χ3n) is 6.31. The number of ether oxygens (including phenoxy) is 2. The molecule has 0 bridgehead atoms. The number of carbonyl (C=O) groups excluding carboxylic acids is 2. The van der Waals surface area contributed by atoms with E-state index in [0.29, 0.717) is 25.4 Å². The molecule has 0 saturated heterocycles. The van der Waals surface area contributed by atoms with Crippen molar-refractivity contribution < 1.29 is 19.1 Å². The zero-order chi connectivity index (χ0) is 21.5. The van der Waals surface area contributed by atoms with Gasteiger partial charge in [0.15, 0.2) is 0 Å². The van der Waals surface area contributed by atoms with Crippen molar-refractivity contribution in [3.05, 3.63) is 0 Å². The lowest BCUT2D eigenvalue weighted by molar-refractivity contribution is -0.146. The molecule has 0 aromatic carbocycles. The van der Waals surface area contributed by atoms with Crippen molar-refractivity contribution in [3.63, 3.8) is 0 Å². The van der Waals surface area contributed by atoms with Crippen LogP contribution in [0.4, 0.5) is 4.79 Å². The fourth-order valence-electron chi connectivity index (χ4n) is 4.72. The van der Waals surface area contributed by atoms with Crippen LogP contribution in [0.5, 0.6) is 0 Å². The number of rotatable bonds is 10. The Kier molecular flexibility index (Phi) is 9.25. The molecule has 164 valence electrons. The van der Waals surface area contributed by atoms with Gasteiger partial charge >= 0.3 is 12.1 Å². The summed E-state index contributed by atoms with van der Waals surface area (Å²) < 4.78 is 10.9. The van der Waals surface area contributed by atoms with Gasteiger partial charge in [-0.25, -0.2) is 4.79 Å². The fraction of sp³-hybridized carbons (Fsp3) is 0.909. The Labute approximate surface area is 171 Å². The minimum absolute atomic E-state index is 0.0704. The van der Waals surface area contributed by atoms with E-state index in [1.165, 1.54) is 6.42 Å². The molecule has 1 fully saturated rings. The Hall–Kier alpha value is -1.30. The van der Waals surface area contributed by atoms with Crippen LogP contribution in [0.2, 0.25) is 0 Å². The average molecular weight is 399 g/mol. The number of esters is 1. The van der Waals surface area contributed by atoms with Crippen LogP contribution in [0, 0.1) is 23.2 Å². The van der Waals surface area contributed by atoms with Gasteiger partial charge in [0.2, 0.25) is 0 Å². The number of nitrogens with two attached hydrogens (primary N) is 2. The molecule has 4 N–H and O–H groups in total. The van der Waals surface area contributed by atoms with Crippen molar-refractivity contribution in [1.29, 1.82) is 0 Å². The summed E-state index contributed by atoms with van der Waals surface area (Å²) in [5.41, 5.74) is 11.1. The summed E-state index contributed by atoms with van der Waals surface area (Å²) in [6.07, 6.45) is 5.52. The molecule has 1 rings (SSSR count). The van der Waals surface area contributed by atoms with Crippen molar-refractivity contribution in [3.8, 4) is 0 Å². The molecule has 0 aromatic heterocycles. The first-order chi connectivity index (χ1) is 12.9. The Morgan fingerprint density at radius 2 is 1.93 bits per heavy atom. The van der Waals surface area contributed by atoms with Crippen LogP contribution in [0.15, 0.2) is 0 Å². The second-order valence-electron chi connectivity index (χ2n) is 9.91. The molecular weight excluding hydrogens is 356 g/mol. The summed E-state index contributed by atoms with van der Waals surface area (Å²) in [4.78, 5) is 23.8. The van der Waals surface area contributed by atoms with Gasteiger partial charge in [0, 0.05) is 0 Å². The predicted molar refractivity (Wildman–Crippen MR) is 112 cm³/mol. The van der Waals surface area contributed by atoms with Gasteiger partial charge in [-0.2, -0.15) is 0 Å². The van der Waals surface area contributed by atoms with E-state index in [9.17, 15) is 9.59 Å². The maximum absolute atomic E-state index is 12.1. The van der Waals surface area contributed by atoms with Crippen molar-refractivity contribution in [2.24, 2.45) is 34.6 Å². The van der Waals surface area contributed by atoms with Crippen LogP contribution in [-0.2, 0) is 14.3 Å². The topological polar surface area (TPSA) is 105 Å². The van der Waals surface area contributed by atoms with Gasteiger partial charge < -0.3 is 20.9 Å². The van der Waals surface area contributed by atoms with Crippen LogP contribution >= 0.6 is 0 Å². The van der Waals surface area contributed by atoms with E-state index in [1.54, 1.807) is 0 Å². The molecule has 28 heavy (non-hydrogen) atoms. The summed E-state index contributed by atoms with van der Waals surface area (Å²) in [7, 11) is 0. The number of hydrogen-bond donors (Lipinski definition) is 2. The monoisotopic (exact) mass is 398 g/mol. The van der Waals surface area contributed by atoms with Crippen molar-refractivity contribution in [2.45, 2.75) is 98.1 Å². The van der Waals surface area contributed by atoms with Gasteiger partial charge in [0.05, 0.1) is 6.61 Å². The third-order valence-corrected chi connectivity index (χ3v) is 6.31. The molecule has 0 aromatic rings. The predicted octanol–water partition coefficient (Wildman–Crippen LogP) is 4.39. The quantitative estimate of drug-likeness (QED) is 0.419. The van der Waals surface area contributed by atoms with E-state index in [-0.39, 0.29) is 23.2 Å². The molecule has 1 aliphatic rings. The minimum atomic E-state index is -0.741. The minimum Gasteiger partial charge on any atom is -0.465 e. The standard InChI is InChI=1S/C22H42N2O4/c1-7-8-11-27-19(25)18(23)16(3)9-10-22(6,28-20(24)26)17-12-15(2)13-21(4,5)14-17/h15-18H,7-14,23H2,1-6H3,(H2,24,26). The SMILES string of the molecule is CCCCOC(=O)C(N)C(C)CCC(C)(OC(N)=O)C1CC(C)CC(C)(C)C1. The molecule has 6 heteroatoms. The normalized spacial score (nSPS) is 26.0. The zero-order valence-corrected chi connectivity index (χ0v) is 18.8. The highest BCUT2D eigenvalue weighted by atomic mass is 16.6. The maximum atomic E-state index is 12.1. The van der Waals surface area contributed by atoms with Gasteiger partial charge in [0.25, 0.3) is 0 Å². The highest BCUT2D eigenvalue weighted by Crippen LogP contribution is 2.48. The van der Waals surface area contributed by atoms with E-state index < -0.39 is 17.7 Å². The van der Waals surface area contributed by atoms with E-state index in [1.807, 2.05) is 20.8 Å². The largest absolute Gasteiger partial charge is 0.465 e. The van der Waals surface area contributed by atoms with Gasteiger partial charge in [-0.1, -0.05) is 41.0 Å². The maximum Gasteiger partial charge on any atom is 0.405 e. The van der Waals surface area contributed by atoms with E-state index in [4.69, 9.17) is 20.9 Å². The van der Waals surface area contributed by atoms with Gasteiger partial charge in [0.1, 0.15) is 11.6 Å². The smallest absolute Gasteiger partial charge is 0.405 e. The lowest BCUT2D eigenvalue weighted by Crippen LogP contribution is -2.47. The second-order valence-corrected chi connectivity index (χ2v) is 9.91. The van der Waals surface area contributed by atoms with Crippen molar-refractivity contribution >= 4 is 12.1 Å². The summed E-state index contributed by atoms with van der Waals surface area (Å²) in [6.45, 7) is 13.2. The van der Waals surface area contributed by atoms with E-state index in [2.05, 4.69) is 20.8 Å². The van der Waals surface area contributed by atoms with Gasteiger partial charge in [-0.05, 0) is 68.6 Å². The first-order valence-electron chi connectivity index (χ1n) is 10.8. The van der Waals surface area contributed by atoms with Crippen molar-refractivity contribution in [1.82, 2.24) is 0 Å². The number of unbranched alkanes of at least 4 members (excludes halogenated alkanes) is 1.